The minimum atomic E-state index is -0.724. The number of carboxylic acids is 1. The third-order valence-electron chi connectivity index (χ3n) is 3.35. The van der Waals surface area contributed by atoms with Gasteiger partial charge in [-0.25, -0.2) is 4.89 Å². The highest BCUT2D eigenvalue weighted by molar-refractivity contribution is 5.66. The Labute approximate surface area is 146 Å². The lowest BCUT2D eigenvalue weighted by Crippen LogP contribution is -1.92. The number of carbonyl (C=O) groups is 1. The van der Waals surface area contributed by atoms with E-state index in [1.54, 1.807) is 0 Å². The molecule has 2 N–H and O–H groups in total. The molecule has 0 aromatic rings. The smallest absolute Gasteiger partial charge is 0.303 e. The van der Waals surface area contributed by atoms with Gasteiger partial charge in [-0.15, -0.1) is 0 Å². The van der Waals surface area contributed by atoms with Crippen molar-refractivity contribution in [3.8, 4) is 0 Å². The lowest BCUT2D eigenvalue weighted by atomic mass is 10.2. The average molecular weight is 336 g/mol. The van der Waals surface area contributed by atoms with E-state index in [2.05, 4.69) is 47.4 Å². The van der Waals surface area contributed by atoms with Crippen LogP contribution < -0.4 is 0 Å². The zero-order valence-electron chi connectivity index (χ0n) is 14.6. The van der Waals surface area contributed by atoms with Crippen LogP contribution in [-0.2, 0) is 9.68 Å². The van der Waals surface area contributed by atoms with Gasteiger partial charge in [-0.2, -0.15) is 0 Å². The fraction of sp³-hybridized carbons (Fsp3) is 0.550. The van der Waals surface area contributed by atoms with Crippen molar-refractivity contribution >= 4 is 5.97 Å². The van der Waals surface area contributed by atoms with Crippen molar-refractivity contribution < 1.29 is 20.0 Å². The summed E-state index contributed by atoms with van der Waals surface area (Å²) in [6.45, 7) is 0.431. The van der Waals surface area contributed by atoms with Gasteiger partial charge < -0.3 is 5.11 Å². The molecule has 136 valence electrons. The monoisotopic (exact) mass is 336 g/mol. The van der Waals surface area contributed by atoms with E-state index in [-0.39, 0.29) is 6.42 Å². The van der Waals surface area contributed by atoms with Gasteiger partial charge in [0.25, 0.3) is 0 Å². The summed E-state index contributed by atoms with van der Waals surface area (Å²) < 4.78 is 0. The van der Waals surface area contributed by atoms with Crippen molar-refractivity contribution in [3.63, 3.8) is 0 Å². The second-order valence-electron chi connectivity index (χ2n) is 5.56. The third kappa shape index (κ3) is 20.3. The molecule has 0 bridgehead atoms. The highest BCUT2D eigenvalue weighted by Crippen LogP contribution is 2.02. The topological polar surface area (TPSA) is 66.8 Å². The molecule has 0 spiro atoms. The highest BCUT2D eigenvalue weighted by atomic mass is 17.1. The Hall–Kier alpha value is -1.65. The number of unbranched alkanes of at least 4 members (excludes halogenated alkanes) is 4. The summed E-state index contributed by atoms with van der Waals surface area (Å²) in [7, 11) is 0. The van der Waals surface area contributed by atoms with Crippen LogP contribution in [0.2, 0.25) is 0 Å². The predicted octanol–water partition coefficient (Wildman–Crippen LogP) is 5.69. The van der Waals surface area contributed by atoms with Crippen molar-refractivity contribution in [1.82, 2.24) is 0 Å². The van der Waals surface area contributed by atoms with Gasteiger partial charge in [-0.3, -0.25) is 10.1 Å². The SMILES string of the molecule is O=C(O)CCCC=CCC=CCC=CCC=CCCCCCOO. The van der Waals surface area contributed by atoms with Gasteiger partial charge in [0, 0.05) is 6.42 Å². The molecular formula is C20H32O4. The Morgan fingerprint density at radius 1 is 0.708 bits per heavy atom. The molecule has 0 aliphatic heterocycles. The molecule has 0 saturated carbocycles. The Morgan fingerprint density at radius 2 is 1.21 bits per heavy atom. The van der Waals surface area contributed by atoms with Gasteiger partial charge in [0.15, 0.2) is 0 Å². The number of allylic oxidation sites excluding steroid dienone is 8. The van der Waals surface area contributed by atoms with E-state index >= 15 is 0 Å². The van der Waals surface area contributed by atoms with Crippen LogP contribution >= 0.6 is 0 Å². The molecule has 0 aromatic heterocycles. The summed E-state index contributed by atoms with van der Waals surface area (Å²) in [5.41, 5.74) is 0. The average Bonchev–Trinajstić information content (AvgIpc) is 2.56. The minimum absolute atomic E-state index is 0.248. The largest absolute Gasteiger partial charge is 0.481 e. The first-order valence-electron chi connectivity index (χ1n) is 8.85. The normalized spacial score (nSPS) is 12.4. The summed E-state index contributed by atoms with van der Waals surface area (Å²) in [6.07, 6.45) is 25.9. The minimum Gasteiger partial charge on any atom is -0.481 e. The van der Waals surface area contributed by atoms with E-state index in [4.69, 9.17) is 10.4 Å². The van der Waals surface area contributed by atoms with Crippen LogP contribution in [0.5, 0.6) is 0 Å². The van der Waals surface area contributed by atoms with E-state index in [9.17, 15) is 4.79 Å². The third-order valence-corrected chi connectivity index (χ3v) is 3.35. The molecule has 0 radical (unpaired) electrons. The zero-order valence-corrected chi connectivity index (χ0v) is 14.6. The Balaban J connectivity index is 3.38. The lowest BCUT2D eigenvalue weighted by molar-refractivity contribution is -0.242. The molecule has 0 unspecified atom stereocenters. The lowest BCUT2D eigenvalue weighted by Gasteiger charge is -1.95. The Morgan fingerprint density at radius 3 is 1.71 bits per heavy atom. The van der Waals surface area contributed by atoms with E-state index < -0.39 is 5.97 Å². The first kappa shape index (κ1) is 22.4. The van der Waals surface area contributed by atoms with Crippen LogP contribution in [0.25, 0.3) is 0 Å². The molecule has 0 atom stereocenters. The molecule has 0 heterocycles. The first-order valence-corrected chi connectivity index (χ1v) is 8.85. The molecule has 0 fully saturated rings. The molecule has 24 heavy (non-hydrogen) atoms. The van der Waals surface area contributed by atoms with Crippen LogP contribution in [-0.4, -0.2) is 22.9 Å². The number of hydrogen-bond acceptors (Lipinski definition) is 3. The van der Waals surface area contributed by atoms with Gasteiger partial charge >= 0.3 is 5.97 Å². The van der Waals surface area contributed by atoms with Gasteiger partial charge in [0.2, 0.25) is 0 Å². The fourth-order valence-electron chi connectivity index (χ4n) is 2.03. The Bertz CT molecular complexity index is 394. The summed E-state index contributed by atoms with van der Waals surface area (Å²) in [5, 5.41) is 16.7. The summed E-state index contributed by atoms with van der Waals surface area (Å²) in [6, 6.07) is 0. The molecular weight excluding hydrogens is 304 g/mol. The maximum Gasteiger partial charge on any atom is 0.303 e. The van der Waals surface area contributed by atoms with E-state index in [1.807, 2.05) is 6.08 Å². The second-order valence-corrected chi connectivity index (χ2v) is 5.56. The van der Waals surface area contributed by atoms with E-state index in [0.29, 0.717) is 13.0 Å². The first-order chi connectivity index (χ1) is 11.8. The van der Waals surface area contributed by atoms with Gasteiger partial charge in [0.05, 0.1) is 6.61 Å². The molecule has 0 aromatic carbocycles. The van der Waals surface area contributed by atoms with Crippen LogP contribution in [0.4, 0.5) is 0 Å². The molecule has 0 aliphatic carbocycles. The number of aliphatic carboxylic acids is 1. The molecule has 0 rings (SSSR count). The van der Waals surface area contributed by atoms with Gasteiger partial charge in [0.1, 0.15) is 0 Å². The molecule has 0 amide bonds. The van der Waals surface area contributed by atoms with Crippen molar-refractivity contribution in [2.75, 3.05) is 6.61 Å². The van der Waals surface area contributed by atoms with Crippen LogP contribution in [0.15, 0.2) is 48.6 Å². The number of carboxylic acid groups (broad SMARTS) is 1. The number of hydrogen-bond donors (Lipinski definition) is 2. The summed E-state index contributed by atoms with van der Waals surface area (Å²) in [4.78, 5) is 14.3. The highest BCUT2D eigenvalue weighted by Gasteiger charge is 1.92. The second kappa shape index (κ2) is 19.4. The van der Waals surface area contributed by atoms with E-state index in [1.165, 1.54) is 0 Å². The van der Waals surface area contributed by atoms with Crippen LogP contribution in [0, 0.1) is 0 Å². The van der Waals surface area contributed by atoms with Crippen LogP contribution in [0.3, 0.4) is 0 Å². The maximum atomic E-state index is 10.3. The summed E-state index contributed by atoms with van der Waals surface area (Å²) in [5.74, 6) is -0.724. The van der Waals surface area contributed by atoms with Crippen LogP contribution in [0.1, 0.15) is 64.2 Å². The molecule has 0 saturated heterocycles. The van der Waals surface area contributed by atoms with Crippen molar-refractivity contribution in [3.05, 3.63) is 48.6 Å². The molecule has 4 heteroatoms. The van der Waals surface area contributed by atoms with Crippen molar-refractivity contribution in [1.29, 1.82) is 0 Å². The van der Waals surface area contributed by atoms with Gasteiger partial charge in [-0.05, 0) is 51.4 Å². The quantitative estimate of drug-likeness (QED) is 0.164. The number of rotatable bonds is 16. The predicted molar refractivity (Wildman–Crippen MR) is 98.9 cm³/mol. The molecule has 0 aliphatic rings. The Kier molecular flexibility index (Phi) is 18.1. The summed E-state index contributed by atoms with van der Waals surface area (Å²) >= 11 is 0. The van der Waals surface area contributed by atoms with E-state index in [0.717, 1.165) is 51.4 Å². The molecule has 4 nitrogen and oxygen atoms in total. The van der Waals surface area contributed by atoms with Gasteiger partial charge in [-0.1, -0.05) is 55.0 Å². The maximum absolute atomic E-state index is 10.3. The standard InChI is InChI=1S/C20H32O4/c21-20(22)18-16-14-12-10-8-6-4-2-1-3-5-7-9-11-13-15-17-19-24-23/h1,3-4,6-7,9-10,12,23H,2,5,8,11,13-19H2,(H,21,22). The van der Waals surface area contributed by atoms with Crippen molar-refractivity contribution in [2.45, 2.75) is 64.2 Å². The van der Waals surface area contributed by atoms with Crippen molar-refractivity contribution in [2.24, 2.45) is 0 Å². The zero-order chi connectivity index (χ0) is 17.7. The fourth-order valence-corrected chi connectivity index (χ4v) is 2.03.